The van der Waals surface area contributed by atoms with Crippen LogP contribution < -0.4 is 14.5 Å². The third-order valence-corrected chi connectivity index (χ3v) is 11.3. The van der Waals surface area contributed by atoms with Crippen molar-refractivity contribution in [1.29, 1.82) is 0 Å². The summed E-state index contributed by atoms with van der Waals surface area (Å²) in [6, 6.07) is 33.0. The number of fused-ring (bicyclic) bond motifs is 2. The van der Waals surface area contributed by atoms with Crippen LogP contribution in [0.5, 0.6) is 5.75 Å². The van der Waals surface area contributed by atoms with Crippen LogP contribution in [0, 0.1) is 6.92 Å². The van der Waals surface area contributed by atoms with Crippen molar-refractivity contribution < 1.29 is 23.9 Å². The first-order valence-corrected chi connectivity index (χ1v) is 17.3. The van der Waals surface area contributed by atoms with Crippen LogP contribution in [-0.2, 0) is 9.59 Å². The van der Waals surface area contributed by atoms with E-state index >= 15 is 0 Å². The molecule has 6 amide bonds. The number of carbonyl (C=O) groups is 4. The molecule has 2 unspecified atom stereocenters. The molecule has 0 bridgehead atoms. The summed E-state index contributed by atoms with van der Waals surface area (Å²) in [4.78, 5) is 57.3. The largest absolute Gasteiger partial charge is 0.497 e. The van der Waals surface area contributed by atoms with Gasteiger partial charge in [-0.1, -0.05) is 78.4 Å². The van der Waals surface area contributed by atoms with Crippen LogP contribution in [0.3, 0.4) is 0 Å². The Kier molecular flexibility index (Phi) is 8.42. The lowest BCUT2D eigenvalue weighted by Crippen LogP contribution is -2.33. The number of hydrogen-bond acceptors (Lipinski definition) is 7. The molecule has 11 heteroatoms. The van der Waals surface area contributed by atoms with Gasteiger partial charge in [0, 0.05) is 11.5 Å². The van der Waals surface area contributed by atoms with Crippen molar-refractivity contribution in [3.63, 3.8) is 0 Å². The number of urea groups is 2. The van der Waals surface area contributed by atoms with Gasteiger partial charge in [0.25, 0.3) is 11.8 Å². The molecule has 4 aromatic carbocycles. The van der Waals surface area contributed by atoms with Crippen molar-refractivity contribution >= 4 is 58.8 Å². The molecule has 4 aliphatic heterocycles. The van der Waals surface area contributed by atoms with E-state index in [1.165, 1.54) is 9.80 Å². The SMILES string of the molecule is COc1ccc(N2C(=O)[C@@H]3CSC(c4ccccc4)N3C2=O)cc1.Cc1ccc(N2C(=O)[C@@H]3CSC(c4ccccc4)N3C2=O)cc1. The van der Waals surface area contributed by atoms with Crippen LogP contribution in [0.4, 0.5) is 21.0 Å². The number of benzene rings is 4. The first-order chi connectivity index (χ1) is 22.9. The van der Waals surface area contributed by atoms with Crippen LogP contribution in [0.2, 0.25) is 0 Å². The lowest BCUT2D eigenvalue weighted by Gasteiger charge is -2.23. The fourth-order valence-corrected chi connectivity index (χ4v) is 9.06. The fourth-order valence-electron chi connectivity index (χ4n) is 6.23. The lowest BCUT2D eigenvalue weighted by atomic mass is 10.2. The smallest absolute Gasteiger partial charge is 0.333 e. The molecular formula is C36H32N4O5S2. The maximum absolute atomic E-state index is 12.9. The van der Waals surface area contributed by atoms with Crippen molar-refractivity contribution in [3.05, 3.63) is 126 Å². The number of ether oxygens (including phenoxy) is 1. The summed E-state index contributed by atoms with van der Waals surface area (Å²) >= 11 is 3.29. The third kappa shape index (κ3) is 5.53. The van der Waals surface area contributed by atoms with E-state index in [1.54, 1.807) is 64.7 Å². The monoisotopic (exact) mass is 664 g/mol. The first-order valence-electron chi connectivity index (χ1n) is 15.2. The van der Waals surface area contributed by atoms with Crippen molar-refractivity contribution in [2.24, 2.45) is 0 Å². The van der Waals surface area contributed by atoms with Gasteiger partial charge in [0.1, 0.15) is 28.6 Å². The second-order valence-electron chi connectivity index (χ2n) is 11.5. The average molecular weight is 665 g/mol. The summed E-state index contributed by atoms with van der Waals surface area (Å²) in [6.07, 6.45) is 0. The topological polar surface area (TPSA) is 90.5 Å². The summed E-state index contributed by atoms with van der Waals surface area (Å²) in [5.41, 5.74) is 4.44. The predicted molar refractivity (Wildman–Crippen MR) is 184 cm³/mol. The molecule has 4 saturated heterocycles. The van der Waals surface area contributed by atoms with Crippen LogP contribution in [-0.4, -0.2) is 64.4 Å². The van der Waals surface area contributed by atoms with Gasteiger partial charge in [-0.2, -0.15) is 0 Å². The zero-order chi connectivity index (χ0) is 32.7. The number of aryl methyl sites for hydroxylation is 1. The molecule has 0 saturated carbocycles. The average Bonchev–Trinajstić information content (AvgIpc) is 3.86. The highest BCUT2D eigenvalue weighted by atomic mass is 32.2. The maximum atomic E-state index is 12.9. The van der Waals surface area contributed by atoms with E-state index in [0.29, 0.717) is 28.6 Å². The molecule has 8 rings (SSSR count). The van der Waals surface area contributed by atoms with E-state index in [1.807, 2.05) is 91.9 Å². The molecule has 4 fully saturated rings. The van der Waals surface area contributed by atoms with Crippen molar-refractivity contribution in [3.8, 4) is 5.75 Å². The number of thioether (sulfide) groups is 2. The second kappa shape index (κ2) is 12.8. The van der Waals surface area contributed by atoms with E-state index in [4.69, 9.17) is 4.74 Å². The molecule has 238 valence electrons. The number of methoxy groups -OCH3 is 1. The quantitative estimate of drug-likeness (QED) is 0.216. The molecule has 0 radical (unpaired) electrons. The molecule has 9 nitrogen and oxygen atoms in total. The van der Waals surface area contributed by atoms with Crippen molar-refractivity contribution in [1.82, 2.24) is 9.80 Å². The molecule has 0 N–H and O–H groups in total. The zero-order valence-electron chi connectivity index (χ0n) is 25.8. The summed E-state index contributed by atoms with van der Waals surface area (Å²) in [5, 5.41) is -0.205. The molecule has 0 aliphatic carbocycles. The van der Waals surface area contributed by atoms with Gasteiger partial charge in [-0.05, 0) is 54.4 Å². The van der Waals surface area contributed by atoms with Crippen LogP contribution in [0.25, 0.3) is 0 Å². The highest BCUT2D eigenvalue weighted by Crippen LogP contribution is 2.47. The van der Waals surface area contributed by atoms with E-state index in [2.05, 4.69) is 0 Å². The van der Waals surface area contributed by atoms with Crippen molar-refractivity contribution in [2.75, 3.05) is 28.4 Å². The number of carbonyl (C=O) groups excluding carboxylic acids is 4. The Balaban J connectivity index is 0.000000150. The minimum absolute atomic E-state index is 0.0897. The second-order valence-corrected chi connectivity index (χ2v) is 13.7. The lowest BCUT2D eigenvalue weighted by molar-refractivity contribution is -0.119. The maximum Gasteiger partial charge on any atom is 0.333 e. The Morgan fingerprint density at radius 3 is 1.38 bits per heavy atom. The van der Waals surface area contributed by atoms with Gasteiger partial charge < -0.3 is 4.74 Å². The summed E-state index contributed by atoms with van der Waals surface area (Å²) in [7, 11) is 1.58. The van der Waals surface area contributed by atoms with E-state index < -0.39 is 6.04 Å². The number of nitrogens with zero attached hydrogens (tertiary/aromatic N) is 4. The Hall–Kier alpha value is -4.74. The molecule has 4 aromatic rings. The van der Waals surface area contributed by atoms with Crippen LogP contribution in [0.1, 0.15) is 27.4 Å². The summed E-state index contributed by atoms with van der Waals surface area (Å²) in [5.74, 6) is 1.68. The minimum Gasteiger partial charge on any atom is -0.497 e. The Bertz CT molecular complexity index is 1810. The molecule has 4 atom stereocenters. The minimum atomic E-state index is -0.394. The summed E-state index contributed by atoms with van der Waals surface area (Å²) in [6.45, 7) is 1.98. The van der Waals surface area contributed by atoms with E-state index in [9.17, 15) is 19.2 Å². The standard InChI is InChI=1S/C18H16N2O3S.C18H16N2O2S/c1-23-14-9-7-13(8-10-14)19-16(21)15-11-24-17(20(15)18(19)22)12-5-3-2-4-6-12;1-12-7-9-14(10-8-12)19-16(21)15-11-23-17(20(15)18(19)22)13-5-3-2-4-6-13/h2-10,15,17H,11H2,1H3;2-10,15,17H,11H2,1H3/t2*15-,17?/m00/s1. The van der Waals surface area contributed by atoms with Gasteiger partial charge in [-0.25, -0.2) is 19.4 Å². The van der Waals surface area contributed by atoms with E-state index in [0.717, 1.165) is 16.7 Å². The van der Waals surface area contributed by atoms with E-state index in [-0.39, 0.29) is 40.7 Å². The van der Waals surface area contributed by atoms with Gasteiger partial charge in [-0.3, -0.25) is 19.4 Å². The normalized spacial score (nSPS) is 23.2. The third-order valence-electron chi connectivity index (χ3n) is 8.63. The molecular weight excluding hydrogens is 633 g/mol. The van der Waals surface area contributed by atoms with Gasteiger partial charge in [-0.15, -0.1) is 23.5 Å². The fraction of sp³-hybridized carbons (Fsp3) is 0.222. The molecule has 4 heterocycles. The van der Waals surface area contributed by atoms with Gasteiger partial charge in [0.05, 0.1) is 18.5 Å². The van der Waals surface area contributed by atoms with Crippen molar-refractivity contribution in [2.45, 2.75) is 29.8 Å². The predicted octanol–water partition coefficient (Wildman–Crippen LogP) is 6.86. The first kappa shape index (κ1) is 30.9. The molecule has 4 aliphatic rings. The zero-order valence-corrected chi connectivity index (χ0v) is 27.4. The number of amides is 6. The molecule has 0 spiro atoms. The highest BCUT2D eigenvalue weighted by molar-refractivity contribution is 8.00. The Labute approximate surface area is 281 Å². The Morgan fingerprint density at radius 1 is 0.574 bits per heavy atom. The number of rotatable bonds is 5. The Morgan fingerprint density at radius 2 is 0.979 bits per heavy atom. The van der Waals surface area contributed by atoms with Gasteiger partial charge >= 0.3 is 12.1 Å². The summed E-state index contributed by atoms with van der Waals surface area (Å²) < 4.78 is 5.13. The van der Waals surface area contributed by atoms with Crippen LogP contribution in [0.15, 0.2) is 109 Å². The van der Waals surface area contributed by atoms with Crippen LogP contribution >= 0.6 is 23.5 Å². The van der Waals surface area contributed by atoms with Gasteiger partial charge in [0.2, 0.25) is 0 Å². The number of hydrogen-bond donors (Lipinski definition) is 0. The number of anilines is 2. The number of imide groups is 2. The molecule has 47 heavy (non-hydrogen) atoms. The highest BCUT2D eigenvalue weighted by Gasteiger charge is 2.54. The molecule has 0 aromatic heterocycles. The van der Waals surface area contributed by atoms with Gasteiger partial charge in [0.15, 0.2) is 0 Å².